The molecule has 3 atom stereocenters. The first kappa shape index (κ1) is 29.0. The zero-order chi connectivity index (χ0) is 23.2. The third-order valence-electron chi connectivity index (χ3n) is 6.85. The largest absolute Gasteiger partial charge is 0.389 e. The minimum atomic E-state index is -0.273. The molecule has 0 radical (unpaired) electrons. The summed E-state index contributed by atoms with van der Waals surface area (Å²) in [5.41, 5.74) is 2.39. The van der Waals surface area contributed by atoms with Gasteiger partial charge in [0.1, 0.15) is 5.78 Å². The lowest BCUT2D eigenvalue weighted by Crippen LogP contribution is -2.35. The summed E-state index contributed by atoms with van der Waals surface area (Å²) in [4.78, 5) is 11.6. The summed E-state index contributed by atoms with van der Waals surface area (Å²) < 4.78 is 10.6. The number of ether oxygens (including phenoxy) is 2. The van der Waals surface area contributed by atoms with Gasteiger partial charge in [0.2, 0.25) is 0 Å². The molecule has 0 aliphatic heterocycles. The van der Waals surface area contributed by atoms with Gasteiger partial charge in [-0.25, -0.2) is 0 Å². The van der Waals surface area contributed by atoms with E-state index in [0.717, 1.165) is 37.7 Å². The van der Waals surface area contributed by atoms with Crippen molar-refractivity contribution in [2.45, 2.75) is 111 Å². The second kappa shape index (κ2) is 15.8. The molecule has 3 unspecified atom stereocenters. The average Bonchev–Trinajstić information content (AvgIpc) is 2.79. The van der Waals surface area contributed by atoms with Gasteiger partial charge in [-0.05, 0) is 71.8 Å². The van der Waals surface area contributed by atoms with Gasteiger partial charge in [0.15, 0.2) is 5.79 Å². The van der Waals surface area contributed by atoms with Crippen molar-refractivity contribution in [1.82, 2.24) is 0 Å². The first-order valence-corrected chi connectivity index (χ1v) is 11.7. The molecule has 0 bridgehead atoms. The molecule has 2 aliphatic rings. The van der Waals surface area contributed by atoms with Crippen molar-refractivity contribution < 1.29 is 19.4 Å². The number of allylic oxidation sites excluding steroid dienone is 3. The Morgan fingerprint density at radius 1 is 0.967 bits per heavy atom. The van der Waals surface area contributed by atoms with Gasteiger partial charge in [-0.1, -0.05) is 37.5 Å². The molecular weight excluding hydrogens is 376 g/mol. The molecule has 0 aromatic rings. The van der Waals surface area contributed by atoms with Crippen LogP contribution in [0.3, 0.4) is 0 Å². The molecule has 176 valence electrons. The summed E-state index contributed by atoms with van der Waals surface area (Å²) in [6.07, 6.45) is 13.9. The molecule has 30 heavy (non-hydrogen) atoms. The van der Waals surface area contributed by atoms with Crippen molar-refractivity contribution in [3.63, 3.8) is 0 Å². The molecule has 0 aromatic carbocycles. The van der Waals surface area contributed by atoms with Crippen LogP contribution in [0.4, 0.5) is 0 Å². The molecule has 0 aromatic heterocycles. The number of hydrogen-bond acceptors (Lipinski definition) is 4. The van der Waals surface area contributed by atoms with Crippen molar-refractivity contribution in [2.75, 3.05) is 14.2 Å². The van der Waals surface area contributed by atoms with Crippen LogP contribution in [-0.2, 0) is 14.3 Å². The molecule has 2 aliphatic carbocycles. The maximum absolute atomic E-state index is 11.6. The van der Waals surface area contributed by atoms with Gasteiger partial charge in [0, 0.05) is 39.4 Å². The molecule has 0 heterocycles. The van der Waals surface area contributed by atoms with E-state index in [1.807, 2.05) is 19.9 Å². The molecule has 0 amide bonds. The van der Waals surface area contributed by atoms with Gasteiger partial charge in [0.05, 0.1) is 6.10 Å². The molecule has 2 rings (SSSR count). The third kappa shape index (κ3) is 10.4. The van der Waals surface area contributed by atoms with E-state index in [1.165, 1.54) is 31.3 Å². The summed E-state index contributed by atoms with van der Waals surface area (Å²) >= 11 is 0. The van der Waals surface area contributed by atoms with Crippen LogP contribution in [0.5, 0.6) is 0 Å². The summed E-state index contributed by atoms with van der Waals surface area (Å²) in [5.74, 6) is 1.01. The Bertz CT molecular complexity index is 521. The Kier molecular flexibility index (Phi) is 15.3. The highest BCUT2D eigenvalue weighted by Gasteiger charge is 2.31. The lowest BCUT2D eigenvalue weighted by molar-refractivity contribution is -0.222. The standard InChI is InChI=1S/C12H20O.C8H16O2.C6H12O/c1-4-9(2)10(3)11-7-5-6-8-12(11)13;1-9-8(10-2)6-4-3-5-7-8;1-4-5(2)6(3)7/h4,10-11H,5-8H2,1-3H3;3-7H2,1-2H3;4,6-7H,1-3H3/b9-4+;;5-4+. The fraction of sp³-hybridized carbons (Fsp3) is 0.808. The molecule has 2 saturated carbocycles. The Hall–Kier alpha value is -0.970. The van der Waals surface area contributed by atoms with Gasteiger partial charge in [0.25, 0.3) is 0 Å². The summed E-state index contributed by atoms with van der Waals surface area (Å²) in [6, 6.07) is 0. The van der Waals surface area contributed by atoms with E-state index in [4.69, 9.17) is 14.6 Å². The Balaban J connectivity index is 0.000000442. The highest BCUT2D eigenvalue weighted by atomic mass is 16.7. The van der Waals surface area contributed by atoms with Crippen molar-refractivity contribution >= 4 is 5.78 Å². The predicted octanol–water partition coefficient (Wildman–Crippen LogP) is 6.62. The first-order valence-electron chi connectivity index (χ1n) is 11.7. The Labute approximate surface area is 186 Å². The average molecular weight is 425 g/mol. The third-order valence-corrected chi connectivity index (χ3v) is 6.85. The summed E-state index contributed by atoms with van der Waals surface area (Å²) in [5, 5.41) is 8.75. The van der Waals surface area contributed by atoms with Crippen molar-refractivity contribution in [2.24, 2.45) is 11.8 Å². The minimum absolute atomic E-state index is 0.238. The number of aliphatic hydroxyl groups is 1. The zero-order valence-electron chi connectivity index (χ0n) is 20.9. The van der Waals surface area contributed by atoms with Crippen LogP contribution in [-0.4, -0.2) is 37.0 Å². The molecule has 0 saturated heterocycles. The summed E-state index contributed by atoms with van der Waals surface area (Å²) in [6.45, 7) is 12.0. The lowest BCUT2D eigenvalue weighted by atomic mass is 9.77. The first-order chi connectivity index (χ1) is 14.2. The summed E-state index contributed by atoms with van der Waals surface area (Å²) in [7, 11) is 3.46. The smallest absolute Gasteiger partial charge is 0.167 e. The maximum atomic E-state index is 11.6. The number of ketones is 1. The highest BCUT2D eigenvalue weighted by Crippen LogP contribution is 2.31. The van der Waals surface area contributed by atoms with Gasteiger partial charge in [-0.3, -0.25) is 4.79 Å². The number of Topliss-reactive ketones (excluding diaryl/α,β-unsaturated/α-hetero) is 1. The van der Waals surface area contributed by atoms with Crippen LogP contribution in [0.15, 0.2) is 23.3 Å². The molecular formula is C26H48O4. The topological polar surface area (TPSA) is 55.8 Å². The number of carbonyl (C=O) groups excluding carboxylic acids is 1. The number of methoxy groups -OCH3 is 2. The molecule has 4 nitrogen and oxygen atoms in total. The maximum Gasteiger partial charge on any atom is 0.167 e. The van der Waals surface area contributed by atoms with Crippen LogP contribution in [0.25, 0.3) is 0 Å². The molecule has 4 heteroatoms. The number of carbonyl (C=O) groups is 1. The molecule has 2 fully saturated rings. The molecule has 0 spiro atoms. The van der Waals surface area contributed by atoms with Crippen LogP contribution in [0.2, 0.25) is 0 Å². The number of aliphatic hydroxyl groups excluding tert-OH is 1. The van der Waals surface area contributed by atoms with E-state index >= 15 is 0 Å². The van der Waals surface area contributed by atoms with E-state index in [0.29, 0.717) is 17.6 Å². The van der Waals surface area contributed by atoms with E-state index in [9.17, 15) is 4.79 Å². The molecule has 1 N–H and O–H groups in total. The fourth-order valence-corrected chi connectivity index (χ4v) is 3.94. The fourth-order valence-electron chi connectivity index (χ4n) is 3.94. The predicted molar refractivity (Wildman–Crippen MR) is 127 cm³/mol. The quantitative estimate of drug-likeness (QED) is 0.398. The second-order valence-electron chi connectivity index (χ2n) is 8.73. The Morgan fingerprint density at radius 3 is 1.83 bits per heavy atom. The van der Waals surface area contributed by atoms with Crippen LogP contribution in [0, 0.1) is 11.8 Å². The minimum Gasteiger partial charge on any atom is -0.389 e. The SMILES string of the molecule is C/C=C(\C)C(C)C1CCCCC1=O.C/C=C(\C)C(C)O.COC1(OC)CCCCC1. The van der Waals surface area contributed by atoms with Crippen LogP contribution < -0.4 is 0 Å². The normalized spacial score (nSPS) is 24.0. The zero-order valence-corrected chi connectivity index (χ0v) is 20.9. The number of rotatable bonds is 5. The van der Waals surface area contributed by atoms with Gasteiger partial charge in [-0.15, -0.1) is 0 Å². The number of hydrogen-bond donors (Lipinski definition) is 1. The highest BCUT2D eigenvalue weighted by molar-refractivity contribution is 5.82. The Morgan fingerprint density at radius 2 is 1.50 bits per heavy atom. The van der Waals surface area contributed by atoms with Crippen molar-refractivity contribution in [1.29, 1.82) is 0 Å². The van der Waals surface area contributed by atoms with E-state index in [2.05, 4.69) is 26.8 Å². The van der Waals surface area contributed by atoms with Gasteiger partial charge >= 0.3 is 0 Å². The van der Waals surface area contributed by atoms with E-state index in [-0.39, 0.29) is 11.9 Å². The van der Waals surface area contributed by atoms with E-state index in [1.54, 1.807) is 21.1 Å². The lowest BCUT2D eigenvalue weighted by Gasteiger charge is -2.34. The van der Waals surface area contributed by atoms with Crippen molar-refractivity contribution in [3.05, 3.63) is 23.3 Å². The second-order valence-corrected chi connectivity index (χ2v) is 8.73. The van der Waals surface area contributed by atoms with Gasteiger partial charge < -0.3 is 14.6 Å². The van der Waals surface area contributed by atoms with E-state index < -0.39 is 0 Å². The van der Waals surface area contributed by atoms with Crippen molar-refractivity contribution in [3.8, 4) is 0 Å². The monoisotopic (exact) mass is 424 g/mol. The van der Waals surface area contributed by atoms with Crippen LogP contribution in [0.1, 0.15) is 99.3 Å². The van der Waals surface area contributed by atoms with Gasteiger partial charge in [-0.2, -0.15) is 0 Å². The van der Waals surface area contributed by atoms with Crippen LogP contribution >= 0.6 is 0 Å².